The molecule has 0 aliphatic rings. The number of hydrogen-bond donors (Lipinski definition) is 1. The first-order chi connectivity index (χ1) is 8.58. The first kappa shape index (κ1) is 15.1. The Balaban J connectivity index is 2.89. The molecule has 18 heavy (non-hydrogen) atoms. The van der Waals surface area contributed by atoms with Crippen LogP contribution in [0.15, 0.2) is 12.1 Å². The Hall–Kier alpha value is -0.930. The molecule has 0 aliphatic heterocycles. The molecule has 1 rings (SSSR count). The molecule has 0 amide bonds. The van der Waals surface area contributed by atoms with Crippen LogP contribution >= 0.6 is 11.6 Å². The third-order valence-corrected chi connectivity index (χ3v) is 2.71. The van der Waals surface area contributed by atoms with Gasteiger partial charge in [0.25, 0.3) is 0 Å². The van der Waals surface area contributed by atoms with Crippen molar-refractivity contribution in [2.24, 2.45) is 5.92 Å². The minimum Gasteiger partial charge on any atom is -0.493 e. The number of halogens is 1. The molecule has 4 heteroatoms. The molecule has 0 aliphatic carbocycles. The number of nitrogens with one attached hydrogen (secondary N) is 1. The van der Waals surface area contributed by atoms with E-state index in [0.717, 1.165) is 18.7 Å². The van der Waals surface area contributed by atoms with Crippen molar-refractivity contribution in [3.63, 3.8) is 0 Å². The summed E-state index contributed by atoms with van der Waals surface area (Å²) in [5.41, 5.74) is 1.09. The SMILES string of the molecule is CCNCc1cc(Cl)c(OCC(C)C)c(OC)c1. The highest BCUT2D eigenvalue weighted by molar-refractivity contribution is 6.32. The van der Waals surface area contributed by atoms with Gasteiger partial charge in [-0.15, -0.1) is 0 Å². The lowest BCUT2D eigenvalue weighted by molar-refractivity contribution is 0.257. The van der Waals surface area contributed by atoms with Crippen molar-refractivity contribution in [1.29, 1.82) is 0 Å². The van der Waals surface area contributed by atoms with Gasteiger partial charge in [0.1, 0.15) is 0 Å². The molecule has 0 fully saturated rings. The molecule has 3 nitrogen and oxygen atoms in total. The predicted octanol–water partition coefficient (Wildman–Crippen LogP) is 3.49. The molecular formula is C14H22ClNO2. The van der Waals surface area contributed by atoms with Crippen LogP contribution in [0, 0.1) is 5.92 Å². The van der Waals surface area contributed by atoms with E-state index in [1.807, 2.05) is 12.1 Å². The molecule has 1 aromatic rings. The van der Waals surface area contributed by atoms with Crippen LogP contribution in [-0.2, 0) is 6.54 Å². The summed E-state index contributed by atoms with van der Waals surface area (Å²) in [6, 6.07) is 3.88. The minimum atomic E-state index is 0.451. The normalized spacial score (nSPS) is 10.8. The monoisotopic (exact) mass is 271 g/mol. The van der Waals surface area contributed by atoms with Gasteiger partial charge < -0.3 is 14.8 Å². The van der Waals surface area contributed by atoms with Crippen molar-refractivity contribution < 1.29 is 9.47 Å². The van der Waals surface area contributed by atoms with Crippen LogP contribution in [-0.4, -0.2) is 20.3 Å². The number of ether oxygens (including phenoxy) is 2. The molecule has 0 heterocycles. The second kappa shape index (κ2) is 7.49. The second-order valence-corrected chi connectivity index (χ2v) is 5.00. The number of rotatable bonds is 7. The molecule has 0 radical (unpaired) electrons. The van der Waals surface area contributed by atoms with E-state index in [-0.39, 0.29) is 0 Å². The zero-order valence-electron chi connectivity index (χ0n) is 11.5. The summed E-state index contributed by atoms with van der Waals surface area (Å²) in [7, 11) is 1.63. The van der Waals surface area contributed by atoms with Gasteiger partial charge in [-0.05, 0) is 30.2 Å². The summed E-state index contributed by atoms with van der Waals surface area (Å²) in [4.78, 5) is 0. The van der Waals surface area contributed by atoms with Crippen LogP contribution in [0.3, 0.4) is 0 Å². The highest BCUT2D eigenvalue weighted by Crippen LogP contribution is 2.36. The fraction of sp³-hybridized carbons (Fsp3) is 0.571. The van der Waals surface area contributed by atoms with Crippen molar-refractivity contribution in [3.8, 4) is 11.5 Å². The van der Waals surface area contributed by atoms with Gasteiger partial charge in [-0.25, -0.2) is 0 Å². The molecule has 0 atom stereocenters. The Kier molecular flexibility index (Phi) is 6.30. The van der Waals surface area contributed by atoms with E-state index in [1.165, 1.54) is 0 Å². The quantitative estimate of drug-likeness (QED) is 0.823. The highest BCUT2D eigenvalue weighted by Gasteiger charge is 2.12. The molecule has 1 aromatic carbocycles. The minimum absolute atomic E-state index is 0.451. The van der Waals surface area contributed by atoms with Crippen molar-refractivity contribution in [2.45, 2.75) is 27.3 Å². The summed E-state index contributed by atoms with van der Waals surface area (Å²) in [6.07, 6.45) is 0. The molecule has 0 spiro atoms. The van der Waals surface area contributed by atoms with Crippen molar-refractivity contribution in [2.75, 3.05) is 20.3 Å². The molecule has 0 unspecified atom stereocenters. The lowest BCUT2D eigenvalue weighted by Gasteiger charge is -2.15. The molecular weight excluding hydrogens is 250 g/mol. The zero-order chi connectivity index (χ0) is 13.5. The number of benzene rings is 1. The van der Waals surface area contributed by atoms with Gasteiger partial charge >= 0.3 is 0 Å². The maximum absolute atomic E-state index is 6.24. The Morgan fingerprint density at radius 3 is 2.61 bits per heavy atom. The number of methoxy groups -OCH3 is 1. The van der Waals surface area contributed by atoms with Crippen molar-refractivity contribution in [3.05, 3.63) is 22.7 Å². The predicted molar refractivity (Wildman–Crippen MR) is 75.7 cm³/mol. The van der Waals surface area contributed by atoms with Crippen LogP contribution in [0.25, 0.3) is 0 Å². The molecule has 1 N–H and O–H groups in total. The van der Waals surface area contributed by atoms with Crippen LogP contribution < -0.4 is 14.8 Å². The molecule has 0 bridgehead atoms. The fourth-order valence-electron chi connectivity index (χ4n) is 1.53. The molecule has 0 aromatic heterocycles. The van der Waals surface area contributed by atoms with Crippen molar-refractivity contribution in [1.82, 2.24) is 5.32 Å². The van der Waals surface area contributed by atoms with Gasteiger partial charge in [0.2, 0.25) is 0 Å². The van der Waals surface area contributed by atoms with E-state index in [0.29, 0.717) is 29.0 Å². The maximum Gasteiger partial charge on any atom is 0.179 e. The first-order valence-corrected chi connectivity index (χ1v) is 6.66. The molecule has 102 valence electrons. The van der Waals surface area contributed by atoms with Crippen LogP contribution in [0.4, 0.5) is 0 Å². The average molecular weight is 272 g/mol. The van der Waals surface area contributed by atoms with Gasteiger partial charge in [0, 0.05) is 6.54 Å². The highest BCUT2D eigenvalue weighted by atomic mass is 35.5. The Morgan fingerprint density at radius 2 is 2.06 bits per heavy atom. The fourth-order valence-corrected chi connectivity index (χ4v) is 1.82. The van der Waals surface area contributed by atoms with E-state index >= 15 is 0 Å². The summed E-state index contributed by atoms with van der Waals surface area (Å²) in [5, 5.41) is 3.86. The number of hydrogen-bond acceptors (Lipinski definition) is 3. The smallest absolute Gasteiger partial charge is 0.179 e. The lowest BCUT2D eigenvalue weighted by Crippen LogP contribution is -2.12. The first-order valence-electron chi connectivity index (χ1n) is 6.28. The molecule has 0 saturated carbocycles. The third-order valence-electron chi connectivity index (χ3n) is 2.43. The van der Waals surface area contributed by atoms with E-state index in [2.05, 4.69) is 26.1 Å². The third kappa shape index (κ3) is 4.39. The van der Waals surface area contributed by atoms with E-state index in [1.54, 1.807) is 7.11 Å². The molecule has 0 saturated heterocycles. The van der Waals surface area contributed by atoms with Crippen molar-refractivity contribution >= 4 is 11.6 Å². The van der Waals surface area contributed by atoms with Gasteiger partial charge in [-0.3, -0.25) is 0 Å². The summed E-state index contributed by atoms with van der Waals surface area (Å²) in [5.74, 6) is 1.77. The standard InChI is InChI=1S/C14H22ClNO2/c1-5-16-8-11-6-12(15)14(13(7-11)17-4)18-9-10(2)3/h6-7,10,16H,5,8-9H2,1-4H3. The lowest BCUT2D eigenvalue weighted by atomic mass is 10.2. The zero-order valence-corrected chi connectivity index (χ0v) is 12.3. The summed E-state index contributed by atoms with van der Waals surface area (Å²) < 4.78 is 11.0. The Labute approximate surface area is 114 Å². The summed E-state index contributed by atoms with van der Waals surface area (Å²) in [6.45, 7) is 8.59. The maximum atomic E-state index is 6.24. The largest absolute Gasteiger partial charge is 0.493 e. The Morgan fingerprint density at radius 1 is 1.33 bits per heavy atom. The average Bonchev–Trinajstić information content (AvgIpc) is 2.34. The Bertz CT molecular complexity index is 380. The van der Waals surface area contributed by atoms with Crippen LogP contribution in [0.5, 0.6) is 11.5 Å². The summed E-state index contributed by atoms with van der Waals surface area (Å²) >= 11 is 6.24. The second-order valence-electron chi connectivity index (χ2n) is 4.59. The van der Waals surface area contributed by atoms with Gasteiger partial charge in [0.05, 0.1) is 18.7 Å². The van der Waals surface area contributed by atoms with E-state index < -0.39 is 0 Å². The van der Waals surface area contributed by atoms with Gasteiger partial charge in [-0.1, -0.05) is 32.4 Å². The van der Waals surface area contributed by atoms with E-state index in [4.69, 9.17) is 21.1 Å². The van der Waals surface area contributed by atoms with Crippen LogP contribution in [0.1, 0.15) is 26.3 Å². The van der Waals surface area contributed by atoms with Gasteiger partial charge in [-0.2, -0.15) is 0 Å². The van der Waals surface area contributed by atoms with Crippen LogP contribution in [0.2, 0.25) is 5.02 Å². The van der Waals surface area contributed by atoms with Gasteiger partial charge in [0.15, 0.2) is 11.5 Å². The topological polar surface area (TPSA) is 30.5 Å². The van der Waals surface area contributed by atoms with E-state index in [9.17, 15) is 0 Å².